The van der Waals surface area contributed by atoms with Crippen molar-refractivity contribution in [2.24, 2.45) is 5.92 Å². The highest BCUT2D eigenvalue weighted by atomic mass is 32.2. The number of hydrogen-bond acceptors (Lipinski definition) is 9. The zero-order valence-corrected chi connectivity index (χ0v) is 26.7. The number of carbonyl (C=O) groups is 6. The van der Waals surface area contributed by atoms with Gasteiger partial charge in [0, 0.05) is 11.7 Å². The summed E-state index contributed by atoms with van der Waals surface area (Å²) in [7, 11) is -3.64. The van der Waals surface area contributed by atoms with Crippen molar-refractivity contribution in [1.82, 2.24) is 21.3 Å². The second-order valence-corrected chi connectivity index (χ2v) is 12.7. The van der Waals surface area contributed by atoms with E-state index in [9.17, 15) is 47.4 Å². The summed E-state index contributed by atoms with van der Waals surface area (Å²) in [6.45, 7) is 3.03. The first-order valence-corrected chi connectivity index (χ1v) is 16.3. The van der Waals surface area contributed by atoms with E-state index in [1.54, 1.807) is 62.4 Å². The second kappa shape index (κ2) is 18.0. The van der Waals surface area contributed by atoms with Gasteiger partial charge in [0.25, 0.3) is 0 Å². The lowest BCUT2D eigenvalue weighted by molar-refractivity contribution is -0.140. The highest BCUT2D eigenvalue weighted by molar-refractivity contribution is 7.93. The summed E-state index contributed by atoms with van der Waals surface area (Å²) in [6, 6.07) is 10.8. The van der Waals surface area contributed by atoms with E-state index in [-0.39, 0.29) is 12.2 Å². The highest BCUT2D eigenvalue weighted by Gasteiger charge is 2.33. The van der Waals surface area contributed by atoms with Gasteiger partial charge in [-0.25, -0.2) is 13.2 Å². The molecule has 0 aromatic heterocycles. The van der Waals surface area contributed by atoms with Crippen molar-refractivity contribution in [2.75, 3.05) is 6.26 Å². The maximum atomic E-state index is 13.6. The molecule has 0 bridgehead atoms. The van der Waals surface area contributed by atoms with E-state index in [0.29, 0.717) is 5.56 Å². The van der Waals surface area contributed by atoms with Crippen LogP contribution in [0.4, 0.5) is 4.79 Å². The van der Waals surface area contributed by atoms with Crippen LogP contribution in [-0.2, 0) is 45.2 Å². The molecule has 6 N–H and O–H groups in total. The SMILES string of the molecule is CC(C)[C@H](NC(=O)C(NC(=O)[C@H](CC(=O)O)NC(=O)OCc1ccccc1)c1ccccc1)C(=O)NC(/C=C/S(C)(=O)=O)CC(=O)O. The molecule has 0 saturated carbocycles. The molecule has 0 aliphatic rings. The Balaban J connectivity index is 2.27. The number of hydrogen-bond donors (Lipinski definition) is 6. The number of carboxylic acid groups (broad SMARTS) is 2. The number of benzene rings is 2. The first-order valence-electron chi connectivity index (χ1n) is 14.3. The van der Waals surface area contributed by atoms with Gasteiger partial charge in [-0.1, -0.05) is 80.6 Å². The van der Waals surface area contributed by atoms with E-state index in [1.165, 1.54) is 12.1 Å². The lowest BCUT2D eigenvalue weighted by Crippen LogP contribution is -2.56. The predicted molar refractivity (Wildman–Crippen MR) is 168 cm³/mol. The minimum Gasteiger partial charge on any atom is -0.481 e. The molecule has 0 aliphatic heterocycles. The van der Waals surface area contributed by atoms with E-state index in [2.05, 4.69) is 21.3 Å². The molecule has 2 unspecified atom stereocenters. The molecule has 15 nitrogen and oxygen atoms in total. The number of amides is 4. The molecule has 0 heterocycles. The number of carbonyl (C=O) groups excluding carboxylic acids is 4. The smallest absolute Gasteiger partial charge is 0.408 e. The fourth-order valence-electron chi connectivity index (χ4n) is 4.12. The third-order valence-electron chi connectivity index (χ3n) is 6.41. The number of rotatable bonds is 17. The van der Waals surface area contributed by atoms with Crippen LogP contribution in [0.2, 0.25) is 0 Å². The summed E-state index contributed by atoms with van der Waals surface area (Å²) in [4.78, 5) is 75.5. The minimum atomic E-state index is -3.64. The van der Waals surface area contributed by atoms with Crippen LogP contribution in [-0.4, -0.2) is 78.8 Å². The molecule has 0 fully saturated rings. The molecule has 4 amide bonds. The molecule has 2 rings (SSSR count). The van der Waals surface area contributed by atoms with Crippen LogP contribution in [0.5, 0.6) is 0 Å². The minimum absolute atomic E-state index is 0.154. The standard InChI is InChI=1S/C31H38N4O11S/c1-19(2)26(29(41)32-22(16-24(36)37)14-15-47(3,44)45)34-30(42)27(21-12-8-5-9-13-21)35-28(40)23(17-25(38)39)33-31(43)46-18-20-10-6-4-7-11-20/h4-15,19,22-23,26-27H,16-18H2,1-3H3,(H,32,41)(H,33,43)(H,34,42)(H,35,40)(H,36,37)(H,38,39)/b15-14+/t22?,23-,26-,27?/m0/s1. The molecular weight excluding hydrogens is 636 g/mol. The van der Waals surface area contributed by atoms with Gasteiger partial charge in [0.2, 0.25) is 17.7 Å². The van der Waals surface area contributed by atoms with Gasteiger partial charge in [-0.05, 0) is 17.0 Å². The van der Waals surface area contributed by atoms with E-state index in [0.717, 1.165) is 17.7 Å². The number of nitrogens with one attached hydrogen (secondary N) is 4. The van der Waals surface area contributed by atoms with Gasteiger partial charge in [0.05, 0.1) is 18.9 Å². The zero-order valence-electron chi connectivity index (χ0n) is 25.9. The fraction of sp³-hybridized carbons (Fsp3) is 0.355. The van der Waals surface area contributed by atoms with Crippen molar-refractivity contribution < 1.29 is 52.1 Å². The number of sulfone groups is 1. The number of alkyl carbamates (subject to hydrolysis) is 1. The molecule has 16 heteroatoms. The monoisotopic (exact) mass is 674 g/mol. The quantitative estimate of drug-likeness (QED) is 0.140. The van der Waals surface area contributed by atoms with Crippen LogP contribution in [0.3, 0.4) is 0 Å². The molecular formula is C31H38N4O11S. The summed E-state index contributed by atoms with van der Waals surface area (Å²) in [6.07, 6.45) is -0.673. The van der Waals surface area contributed by atoms with Gasteiger partial charge < -0.3 is 36.2 Å². The van der Waals surface area contributed by atoms with Gasteiger partial charge in [-0.2, -0.15) is 0 Å². The van der Waals surface area contributed by atoms with Crippen LogP contribution in [0.15, 0.2) is 72.1 Å². The Morgan fingerprint density at radius 3 is 1.87 bits per heavy atom. The first-order chi connectivity index (χ1) is 22.1. The summed E-state index contributed by atoms with van der Waals surface area (Å²) in [5.41, 5.74) is 0.897. The van der Waals surface area contributed by atoms with E-state index < -0.39 is 88.5 Å². The lowest BCUT2D eigenvalue weighted by Gasteiger charge is -2.27. The Kier molecular flexibility index (Phi) is 14.6. The topological polar surface area (TPSA) is 234 Å². The van der Waals surface area contributed by atoms with E-state index in [4.69, 9.17) is 4.74 Å². The largest absolute Gasteiger partial charge is 0.481 e. The molecule has 2 aromatic rings. The van der Waals surface area contributed by atoms with Crippen LogP contribution in [0, 0.1) is 5.92 Å². The summed E-state index contributed by atoms with van der Waals surface area (Å²) in [5, 5.41) is 28.9. The molecule has 0 aliphatic carbocycles. The van der Waals surface area contributed by atoms with Gasteiger partial charge in [0.15, 0.2) is 9.84 Å². The zero-order chi connectivity index (χ0) is 35.1. The van der Waals surface area contributed by atoms with Gasteiger partial charge in [-0.3, -0.25) is 24.0 Å². The van der Waals surface area contributed by atoms with Crippen LogP contribution in [0.1, 0.15) is 43.9 Å². The van der Waals surface area contributed by atoms with Crippen LogP contribution >= 0.6 is 0 Å². The Hall–Kier alpha value is -5.25. The van der Waals surface area contributed by atoms with E-state index in [1.807, 2.05) is 0 Å². The number of aliphatic carboxylic acids is 2. The average Bonchev–Trinajstić information content (AvgIpc) is 2.99. The third kappa shape index (κ3) is 14.2. The van der Waals surface area contributed by atoms with Crippen molar-refractivity contribution >= 4 is 45.6 Å². The Morgan fingerprint density at radius 1 is 0.766 bits per heavy atom. The molecule has 2 aromatic carbocycles. The summed E-state index contributed by atoms with van der Waals surface area (Å²) in [5.74, 6) is -6.07. The third-order valence-corrected chi connectivity index (χ3v) is 7.06. The lowest BCUT2D eigenvalue weighted by atomic mass is 10.00. The highest BCUT2D eigenvalue weighted by Crippen LogP contribution is 2.16. The normalized spacial score (nSPS) is 13.9. The van der Waals surface area contributed by atoms with Crippen molar-refractivity contribution in [1.29, 1.82) is 0 Å². The van der Waals surface area contributed by atoms with E-state index >= 15 is 0 Å². The summed E-state index contributed by atoms with van der Waals surface area (Å²) < 4.78 is 28.2. The van der Waals surface area contributed by atoms with Gasteiger partial charge >= 0.3 is 18.0 Å². The predicted octanol–water partition coefficient (Wildman–Crippen LogP) is 1.27. The summed E-state index contributed by atoms with van der Waals surface area (Å²) >= 11 is 0. The molecule has 0 saturated heterocycles. The van der Waals surface area contributed by atoms with Gasteiger partial charge in [-0.15, -0.1) is 0 Å². The van der Waals surface area contributed by atoms with Gasteiger partial charge in [0.1, 0.15) is 24.7 Å². The Morgan fingerprint density at radius 2 is 1.34 bits per heavy atom. The molecule has 4 atom stereocenters. The Bertz CT molecular complexity index is 1550. The molecule has 0 spiro atoms. The van der Waals surface area contributed by atoms with Crippen molar-refractivity contribution in [3.05, 3.63) is 83.3 Å². The maximum Gasteiger partial charge on any atom is 0.408 e. The first kappa shape index (κ1) is 37.9. The second-order valence-electron chi connectivity index (χ2n) is 10.8. The molecule has 47 heavy (non-hydrogen) atoms. The number of ether oxygens (including phenoxy) is 1. The Labute approximate surface area is 271 Å². The fourth-order valence-corrected chi connectivity index (χ4v) is 4.59. The molecule has 0 radical (unpaired) electrons. The number of carboxylic acids is 2. The van der Waals surface area contributed by atoms with Crippen LogP contribution in [0.25, 0.3) is 0 Å². The molecule has 254 valence electrons. The van der Waals surface area contributed by atoms with Crippen molar-refractivity contribution in [3.8, 4) is 0 Å². The van der Waals surface area contributed by atoms with Crippen molar-refractivity contribution in [3.63, 3.8) is 0 Å². The van der Waals surface area contributed by atoms with Crippen LogP contribution < -0.4 is 21.3 Å². The van der Waals surface area contributed by atoms with Crippen molar-refractivity contribution in [2.45, 2.75) is 57.5 Å². The average molecular weight is 675 g/mol. The maximum absolute atomic E-state index is 13.6.